The fraction of sp³-hybridized carbons (Fsp3) is 0.316. The van der Waals surface area contributed by atoms with E-state index < -0.39 is 0 Å². The normalized spacial score (nSPS) is 10.2. The molecule has 5 heteroatoms. The fourth-order valence-electron chi connectivity index (χ4n) is 2.35. The summed E-state index contributed by atoms with van der Waals surface area (Å²) >= 11 is 0. The van der Waals surface area contributed by atoms with Crippen LogP contribution in [-0.2, 0) is 11.2 Å². The number of methoxy groups -OCH3 is 2. The lowest BCUT2D eigenvalue weighted by Gasteiger charge is -2.10. The van der Waals surface area contributed by atoms with Crippen LogP contribution in [0.4, 0.5) is 5.69 Å². The van der Waals surface area contributed by atoms with Crippen molar-refractivity contribution in [1.29, 1.82) is 0 Å². The zero-order valence-corrected chi connectivity index (χ0v) is 14.2. The van der Waals surface area contributed by atoms with Gasteiger partial charge in [-0.05, 0) is 42.8 Å². The van der Waals surface area contributed by atoms with Crippen LogP contribution in [0.5, 0.6) is 11.5 Å². The minimum atomic E-state index is -0.0339. The lowest BCUT2D eigenvalue weighted by atomic mass is 10.1. The number of carbonyl (C=O) groups is 1. The second kappa shape index (κ2) is 9.57. The molecule has 0 spiro atoms. The van der Waals surface area contributed by atoms with E-state index in [2.05, 4.69) is 16.7 Å². The number of hydrogen-bond donors (Lipinski definition) is 2. The number of para-hydroxylation sites is 2. The first-order valence-electron chi connectivity index (χ1n) is 7.99. The van der Waals surface area contributed by atoms with E-state index in [0.29, 0.717) is 24.4 Å². The molecule has 2 rings (SSSR count). The van der Waals surface area contributed by atoms with Crippen LogP contribution in [0.1, 0.15) is 12.0 Å². The van der Waals surface area contributed by atoms with Gasteiger partial charge < -0.3 is 20.1 Å². The molecular weight excluding hydrogens is 304 g/mol. The van der Waals surface area contributed by atoms with E-state index in [9.17, 15) is 4.79 Å². The van der Waals surface area contributed by atoms with Crippen molar-refractivity contribution in [3.63, 3.8) is 0 Å². The molecule has 0 saturated heterocycles. The highest BCUT2D eigenvalue weighted by Gasteiger charge is 2.06. The highest BCUT2D eigenvalue weighted by atomic mass is 16.5. The van der Waals surface area contributed by atoms with Crippen LogP contribution < -0.4 is 20.1 Å². The lowest BCUT2D eigenvalue weighted by molar-refractivity contribution is -0.116. The van der Waals surface area contributed by atoms with E-state index in [4.69, 9.17) is 9.47 Å². The van der Waals surface area contributed by atoms with Gasteiger partial charge >= 0.3 is 0 Å². The Bertz CT molecular complexity index is 659. The summed E-state index contributed by atoms with van der Waals surface area (Å²) in [6, 6.07) is 15.4. The molecule has 0 aliphatic carbocycles. The zero-order valence-electron chi connectivity index (χ0n) is 14.2. The van der Waals surface area contributed by atoms with E-state index in [1.807, 2.05) is 42.5 Å². The van der Waals surface area contributed by atoms with Gasteiger partial charge in [0.1, 0.15) is 11.5 Å². The second-order valence-corrected chi connectivity index (χ2v) is 5.35. The third kappa shape index (κ3) is 5.59. The van der Waals surface area contributed by atoms with Crippen molar-refractivity contribution in [2.45, 2.75) is 12.8 Å². The van der Waals surface area contributed by atoms with Crippen LogP contribution in [0.25, 0.3) is 0 Å². The molecule has 0 unspecified atom stereocenters. The summed E-state index contributed by atoms with van der Waals surface area (Å²) in [5, 5.41) is 6.15. The summed E-state index contributed by atoms with van der Waals surface area (Å²) in [6.45, 7) is 1.44. The molecule has 0 fully saturated rings. The van der Waals surface area contributed by atoms with Gasteiger partial charge in [-0.1, -0.05) is 24.3 Å². The van der Waals surface area contributed by atoms with Gasteiger partial charge in [0.15, 0.2) is 0 Å². The summed E-state index contributed by atoms with van der Waals surface area (Å²) in [5.41, 5.74) is 1.90. The Morgan fingerprint density at radius 3 is 2.62 bits per heavy atom. The van der Waals surface area contributed by atoms with Gasteiger partial charge in [-0.25, -0.2) is 0 Å². The molecule has 0 bridgehead atoms. The predicted octanol–water partition coefficient (Wildman–Crippen LogP) is 2.86. The summed E-state index contributed by atoms with van der Waals surface area (Å²) in [7, 11) is 3.25. The molecule has 128 valence electrons. The van der Waals surface area contributed by atoms with Crippen molar-refractivity contribution in [3.05, 3.63) is 54.1 Å². The van der Waals surface area contributed by atoms with Gasteiger partial charge in [-0.15, -0.1) is 0 Å². The Morgan fingerprint density at radius 1 is 1.00 bits per heavy atom. The maximum atomic E-state index is 12.0. The third-order valence-electron chi connectivity index (χ3n) is 3.63. The number of rotatable bonds is 9. The van der Waals surface area contributed by atoms with Crippen LogP contribution in [-0.4, -0.2) is 33.2 Å². The van der Waals surface area contributed by atoms with Crippen molar-refractivity contribution in [3.8, 4) is 11.5 Å². The van der Waals surface area contributed by atoms with Gasteiger partial charge in [0, 0.05) is 13.0 Å². The smallest absolute Gasteiger partial charge is 0.225 e. The number of amides is 1. The molecule has 0 aliphatic rings. The fourth-order valence-corrected chi connectivity index (χ4v) is 2.35. The Morgan fingerprint density at radius 2 is 1.83 bits per heavy atom. The summed E-state index contributed by atoms with van der Waals surface area (Å²) in [6.07, 6.45) is 1.31. The molecular formula is C19H24N2O3. The standard InChI is InChI=1S/C19H24N2O3/c1-23-16-7-5-6-15(14-16)10-12-20-13-11-19(22)21-17-8-3-4-9-18(17)24-2/h3-9,14,20H,10-13H2,1-2H3,(H,21,22). The maximum Gasteiger partial charge on any atom is 0.225 e. The minimum absolute atomic E-state index is 0.0339. The number of anilines is 1. The largest absolute Gasteiger partial charge is 0.497 e. The van der Waals surface area contributed by atoms with Gasteiger partial charge in [0.2, 0.25) is 5.91 Å². The number of benzene rings is 2. The average molecular weight is 328 g/mol. The van der Waals surface area contributed by atoms with E-state index in [-0.39, 0.29) is 5.91 Å². The van der Waals surface area contributed by atoms with E-state index in [1.54, 1.807) is 14.2 Å². The highest BCUT2D eigenvalue weighted by molar-refractivity contribution is 5.92. The van der Waals surface area contributed by atoms with Gasteiger partial charge in [-0.2, -0.15) is 0 Å². The van der Waals surface area contributed by atoms with Crippen LogP contribution in [0.2, 0.25) is 0 Å². The van der Waals surface area contributed by atoms with Gasteiger partial charge in [0.25, 0.3) is 0 Å². The Balaban J connectivity index is 1.67. The van der Waals surface area contributed by atoms with Gasteiger partial charge in [0.05, 0.1) is 19.9 Å². The van der Waals surface area contributed by atoms with Gasteiger partial charge in [-0.3, -0.25) is 4.79 Å². The van der Waals surface area contributed by atoms with Crippen molar-refractivity contribution in [2.24, 2.45) is 0 Å². The molecule has 0 saturated carbocycles. The van der Waals surface area contributed by atoms with Crippen molar-refractivity contribution < 1.29 is 14.3 Å². The summed E-state index contributed by atoms with van der Waals surface area (Å²) in [5.74, 6) is 1.49. The number of hydrogen-bond acceptors (Lipinski definition) is 4. The molecule has 1 amide bonds. The molecule has 0 radical (unpaired) electrons. The Hall–Kier alpha value is -2.53. The molecule has 0 atom stereocenters. The zero-order chi connectivity index (χ0) is 17.2. The Labute approximate surface area is 143 Å². The van der Waals surface area contributed by atoms with E-state index in [0.717, 1.165) is 18.7 Å². The van der Waals surface area contributed by atoms with Crippen LogP contribution in [0.15, 0.2) is 48.5 Å². The topological polar surface area (TPSA) is 59.6 Å². The van der Waals surface area contributed by atoms with E-state index >= 15 is 0 Å². The number of nitrogens with one attached hydrogen (secondary N) is 2. The second-order valence-electron chi connectivity index (χ2n) is 5.35. The first-order valence-corrected chi connectivity index (χ1v) is 7.99. The molecule has 2 aromatic rings. The van der Waals surface area contributed by atoms with Crippen molar-refractivity contribution in [1.82, 2.24) is 5.32 Å². The minimum Gasteiger partial charge on any atom is -0.497 e. The first kappa shape index (κ1) is 17.8. The molecule has 2 aromatic carbocycles. The predicted molar refractivity (Wildman–Crippen MR) is 95.8 cm³/mol. The van der Waals surface area contributed by atoms with Crippen molar-refractivity contribution >= 4 is 11.6 Å². The molecule has 24 heavy (non-hydrogen) atoms. The molecule has 0 aliphatic heterocycles. The third-order valence-corrected chi connectivity index (χ3v) is 3.63. The van der Waals surface area contributed by atoms with Crippen LogP contribution in [0, 0.1) is 0 Å². The SMILES string of the molecule is COc1cccc(CCNCCC(=O)Nc2ccccc2OC)c1. The summed E-state index contributed by atoms with van der Waals surface area (Å²) in [4.78, 5) is 12.0. The first-order chi connectivity index (χ1) is 11.7. The van der Waals surface area contributed by atoms with Crippen LogP contribution in [0.3, 0.4) is 0 Å². The molecule has 0 aromatic heterocycles. The Kier molecular flexibility index (Phi) is 7.11. The quantitative estimate of drug-likeness (QED) is 0.695. The lowest BCUT2D eigenvalue weighted by Crippen LogP contribution is -2.23. The molecule has 5 nitrogen and oxygen atoms in total. The van der Waals surface area contributed by atoms with Crippen LogP contribution >= 0.6 is 0 Å². The summed E-state index contributed by atoms with van der Waals surface area (Å²) < 4.78 is 10.4. The van der Waals surface area contributed by atoms with Crippen molar-refractivity contribution in [2.75, 3.05) is 32.6 Å². The number of carbonyl (C=O) groups excluding carboxylic acids is 1. The molecule has 0 heterocycles. The monoisotopic (exact) mass is 328 g/mol. The number of ether oxygens (including phenoxy) is 2. The average Bonchev–Trinajstić information content (AvgIpc) is 2.62. The molecule has 2 N–H and O–H groups in total. The highest BCUT2D eigenvalue weighted by Crippen LogP contribution is 2.22. The maximum absolute atomic E-state index is 12.0. The van der Waals surface area contributed by atoms with E-state index in [1.165, 1.54) is 5.56 Å².